The van der Waals surface area contributed by atoms with Gasteiger partial charge in [-0.1, -0.05) is 26.7 Å². The predicted molar refractivity (Wildman–Crippen MR) is 80.8 cm³/mol. The molecular formula is C16H30N2O2. The fourth-order valence-electron chi connectivity index (χ4n) is 3.78. The third kappa shape index (κ3) is 3.73. The minimum Gasteiger partial charge on any atom is -0.480 e. The van der Waals surface area contributed by atoms with Crippen molar-refractivity contribution in [2.24, 2.45) is 11.8 Å². The van der Waals surface area contributed by atoms with Gasteiger partial charge >= 0.3 is 5.97 Å². The Hall–Kier alpha value is -0.610. The van der Waals surface area contributed by atoms with Crippen molar-refractivity contribution in [1.29, 1.82) is 0 Å². The molecule has 1 aliphatic carbocycles. The topological polar surface area (TPSA) is 43.8 Å². The molecular weight excluding hydrogens is 252 g/mol. The highest BCUT2D eigenvalue weighted by atomic mass is 16.4. The molecule has 0 spiro atoms. The number of piperazine rings is 1. The lowest BCUT2D eigenvalue weighted by Gasteiger charge is -2.43. The van der Waals surface area contributed by atoms with E-state index in [0.29, 0.717) is 0 Å². The molecule has 0 amide bonds. The maximum absolute atomic E-state index is 11.0. The van der Waals surface area contributed by atoms with Crippen LogP contribution in [0.15, 0.2) is 0 Å². The zero-order valence-electron chi connectivity index (χ0n) is 13.2. The number of hydrogen-bond donors (Lipinski definition) is 1. The van der Waals surface area contributed by atoms with Gasteiger partial charge in [0.05, 0.1) is 0 Å². The van der Waals surface area contributed by atoms with E-state index in [0.717, 1.165) is 44.1 Å². The average Bonchev–Trinajstić information content (AvgIpc) is 2.46. The molecule has 1 saturated heterocycles. The highest BCUT2D eigenvalue weighted by molar-refractivity contribution is 5.72. The first-order valence-corrected chi connectivity index (χ1v) is 8.20. The number of nitrogens with zero attached hydrogens (tertiary/aromatic N) is 2. The Labute approximate surface area is 123 Å². The van der Waals surface area contributed by atoms with Crippen LogP contribution in [0.3, 0.4) is 0 Å². The van der Waals surface area contributed by atoms with Crippen molar-refractivity contribution in [3.8, 4) is 0 Å². The molecule has 20 heavy (non-hydrogen) atoms. The Kier molecular flexibility index (Phi) is 5.44. The molecule has 0 aromatic rings. The van der Waals surface area contributed by atoms with Gasteiger partial charge in [0.2, 0.25) is 0 Å². The number of rotatable bonds is 4. The van der Waals surface area contributed by atoms with Gasteiger partial charge in [-0.05, 0) is 31.6 Å². The van der Waals surface area contributed by atoms with E-state index in [9.17, 15) is 4.79 Å². The van der Waals surface area contributed by atoms with E-state index in [1.165, 1.54) is 25.7 Å². The van der Waals surface area contributed by atoms with E-state index in [1.54, 1.807) is 6.92 Å². The van der Waals surface area contributed by atoms with E-state index in [-0.39, 0.29) is 6.04 Å². The summed E-state index contributed by atoms with van der Waals surface area (Å²) in [5, 5.41) is 9.09. The first-order chi connectivity index (χ1) is 9.49. The fraction of sp³-hybridized carbons (Fsp3) is 0.938. The molecule has 4 heteroatoms. The maximum Gasteiger partial charge on any atom is 0.320 e. The quantitative estimate of drug-likeness (QED) is 0.859. The van der Waals surface area contributed by atoms with Crippen LogP contribution in [0.4, 0.5) is 0 Å². The van der Waals surface area contributed by atoms with Crippen LogP contribution in [0, 0.1) is 11.8 Å². The van der Waals surface area contributed by atoms with E-state index in [1.807, 2.05) is 0 Å². The Morgan fingerprint density at radius 2 is 1.75 bits per heavy atom. The van der Waals surface area contributed by atoms with E-state index in [4.69, 9.17) is 5.11 Å². The van der Waals surface area contributed by atoms with Gasteiger partial charge < -0.3 is 5.11 Å². The van der Waals surface area contributed by atoms with Gasteiger partial charge in [0.25, 0.3) is 0 Å². The van der Waals surface area contributed by atoms with Gasteiger partial charge in [0.15, 0.2) is 0 Å². The summed E-state index contributed by atoms with van der Waals surface area (Å²) in [5.41, 5.74) is 0. The van der Waals surface area contributed by atoms with Crippen molar-refractivity contribution >= 4 is 5.97 Å². The lowest BCUT2D eigenvalue weighted by molar-refractivity contribution is -0.143. The minimum absolute atomic E-state index is 0.341. The summed E-state index contributed by atoms with van der Waals surface area (Å²) in [6.45, 7) is 10.4. The van der Waals surface area contributed by atoms with Gasteiger partial charge in [-0.3, -0.25) is 14.6 Å². The molecule has 3 unspecified atom stereocenters. The molecule has 0 aromatic heterocycles. The van der Waals surface area contributed by atoms with Crippen LogP contribution in [0.25, 0.3) is 0 Å². The second-order valence-corrected chi connectivity index (χ2v) is 6.91. The maximum atomic E-state index is 11.0. The zero-order chi connectivity index (χ0) is 14.7. The van der Waals surface area contributed by atoms with Gasteiger partial charge in [-0.25, -0.2) is 0 Å². The zero-order valence-corrected chi connectivity index (χ0v) is 13.2. The Bertz CT molecular complexity index is 324. The van der Waals surface area contributed by atoms with Crippen molar-refractivity contribution in [2.45, 2.75) is 58.5 Å². The summed E-state index contributed by atoms with van der Waals surface area (Å²) >= 11 is 0. The molecule has 0 aromatic carbocycles. The Morgan fingerprint density at radius 3 is 2.30 bits per heavy atom. The average molecular weight is 282 g/mol. The third-order valence-electron chi connectivity index (χ3n) is 5.40. The first-order valence-electron chi connectivity index (χ1n) is 8.20. The van der Waals surface area contributed by atoms with Crippen molar-refractivity contribution in [1.82, 2.24) is 9.80 Å². The lowest BCUT2D eigenvalue weighted by atomic mass is 9.78. The molecule has 116 valence electrons. The summed E-state index contributed by atoms with van der Waals surface area (Å²) in [7, 11) is 0. The van der Waals surface area contributed by atoms with E-state index >= 15 is 0 Å². The fourth-order valence-corrected chi connectivity index (χ4v) is 3.78. The molecule has 2 fully saturated rings. The largest absolute Gasteiger partial charge is 0.480 e. The molecule has 3 atom stereocenters. The molecule has 2 aliphatic rings. The van der Waals surface area contributed by atoms with Crippen LogP contribution < -0.4 is 0 Å². The van der Waals surface area contributed by atoms with Crippen molar-refractivity contribution in [3.63, 3.8) is 0 Å². The van der Waals surface area contributed by atoms with Crippen LogP contribution in [-0.4, -0.2) is 59.1 Å². The van der Waals surface area contributed by atoms with Gasteiger partial charge in [0, 0.05) is 32.2 Å². The smallest absolute Gasteiger partial charge is 0.320 e. The Morgan fingerprint density at radius 1 is 1.10 bits per heavy atom. The summed E-state index contributed by atoms with van der Waals surface area (Å²) < 4.78 is 0. The van der Waals surface area contributed by atoms with Gasteiger partial charge in [-0.2, -0.15) is 0 Å². The molecule has 0 radical (unpaired) electrons. The van der Waals surface area contributed by atoms with Crippen LogP contribution in [0.1, 0.15) is 46.5 Å². The molecule has 1 saturated carbocycles. The Balaban J connectivity index is 1.83. The van der Waals surface area contributed by atoms with Crippen molar-refractivity contribution in [3.05, 3.63) is 0 Å². The number of carbonyl (C=O) groups is 1. The molecule has 2 rings (SSSR count). The summed E-state index contributed by atoms with van der Waals surface area (Å²) in [4.78, 5) is 15.8. The molecule has 1 N–H and O–H groups in total. The van der Waals surface area contributed by atoms with Crippen LogP contribution >= 0.6 is 0 Å². The molecule has 1 aliphatic heterocycles. The first kappa shape index (κ1) is 15.8. The van der Waals surface area contributed by atoms with Crippen LogP contribution in [0.5, 0.6) is 0 Å². The summed E-state index contributed by atoms with van der Waals surface area (Å²) in [6.07, 6.45) is 5.42. The lowest BCUT2D eigenvalue weighted by Crippen LogP contribution is -2.54. The second kappa shape index (κ2) is 6.90. The normalized spacial score (nSPS) is 31.4. The second-order valence-electron chi connectivity index (χ2n) is 6.91. The number of carboxylic acids is 1. The standard InChI is InChI=1S/C16H30N2O2/c1-12(2)14-5-4-6-15(11-14)18-9-7-17(8-10-18)13(3)16(19)20/h12-15H,4-11H2,1-3H3,(H,19,20). The molecule has 0 bridgehead atoms. The molecule has 1 heterocycles. The van der Waals surface area contributed by atoms with Crippen molar-refractivity contribution < 1.29 is 9.90 Å². The highest BCUT2D eigenvalue weighted by Gasteiger charge is 2.32. The number of hydrogen-bond acceptors (Lipinski definition) is 3. The summed E-state index contributed by atoms with van der Waals surface area (Å²) in [5.74, 6) is 0.979. The minimum atomic E-state index is -0.698. The number of carboxylic acid groups (broad SMARTS) is 1. The van der Waals surface area contributed by atoms with E-state index in [2.05, 4.69) is 23.6 Å². The number of aliphatic carboxylic acids is 1. The highest BCUT2D eigenvalue weighted by Crippen LogP contribution is 2.32. The SMILES string of the molecule is CC(C)C1CCCC(N2CCN(C(C)C(=O)O)CC2)C1. The predicted octanol–water partition coefficient (Wildman–Crippen LogP) is 2.29. The van der Waals surface area contributed by atoms with Crippen molar-refractivity contribution in [2.75, 3.05) is 26.2 Å². The van der Waals surface area contributed by atoms with Gasteiger partial charge in [-0.15, -0.1) is 0 Å². The monoisotopic (exact) mass is 282 g/mol. The third-order valence-corrected chi connectivity index (χ3v) is 5.40. The van der Waals surface area contributed by atoms with E-state index < -0.39 is 5.97 Å². The van der Waals surface area contributed by atoms with Crippen LogP contribution in [0.2, 0.25) is 0 Å². The van der Waals surface area contributed by atoms with Gasteiger partial charge in [0.1, 0.15) is 6.04 Å². The summed E-state index contributed by atoms with van der Waals surface area (Å²) in [6, 6.07) is 0.394. The van der Waals surface area contributed by atoms with Crippen LogP contribution in [-0.2, 0) is 4.79 Å². The molecule has 4 nitrogen and oxygen atoms in total.